The second-order valence-corrected chi connectivity index (χ2v) is 10.5. The topological polar surface area (TPSA) is 121 Å². The highest BCUT2D eigenvalue weighted by Gasteiger charge is 2.34. The van der Waals surface area contributed by atoms with Gasteiger partial charge in [0.05, 0.1) is 22.4 Å². The second kappa shape index (κ2) is 14.9. The molecule has 194 valence electrons. The fourth-order valence-corrected chi connectivity index (χ4v) is 5.87. The van der Waals surface area contributed by atoms with Crippen LogP contribution < -0.4 is 21.3 Å². The lowest BCUT2D eigenvalue weighted by atomic mass is 9.82. The van der Waals surface area contributed by atoms with Gasteiger partial charge in [-0.2, -0.15) is 0 Å². The van der Waals surface area contributed by atoms with Crippen LogP contribution >= 0.6 is 32.7 Å². The third-order valence-electron chi connectivity index (χ3n) is 6.44. The molecule has 0 bridgehead atoms. The Hall–Kier alpha value is -1.31. The maximum Gasteiger partial charge on any atom is 0.310 e. The maximum atomic E-state index is 12.8. The van der Waals surface area contributed by atoms with E-state index in [2.05, 4.69) is 26.3 Å². The Bertz CT molecular complexity index is 719. The number of guanidine groups is 1. The molecule has 4 N–H and O–H groups in total. The minimum Gasteiger partial charge on any atom is -0.451 e. The van der Waals surface area contributed by atoms with Gasteiger partial charge in [-0.3, -0.25) is 19.4 Å². The minimum absolute atomic E-state index is 0.0180. The lowest BCUT2D eigenvalue weighted by Gasteiger charge is -2.34. The summed E-state index contributed by atoms with van der Waals surface area (Å²) < 4.78 is 4.72. The van der Waals surface area contributed by atoms with Crippen molar-refractivity contribution in [3.05, 3.63) is 0 Å². The van der Waals surface area contributed by atoms with E-state index in [1.54, 1.807) is 7.05 Å². The summed E-state index contributed by atoms with van der Waals surface area (Å²) in [6.45, 7) is 2.61. The highest BCUT2D eigenvalue weighted by Crippen LogP contribution is 2.34. The summed E-state index contributed by atoms with van der Waals surface area (Å²) in [6, 6.07) is -0.307. The number of hydrogen-bond acceptors (Lipinski definition) is 5. The Labute approximate surface area is 214 Å². The number of nitrogens with zero attached hydrogens (tertiary/aromatic N) is 1. The van der Waals surface area contributed by atoms with Crippen LogP contribution in [0.15, 0.2) is 4.99 Å². The van der Waals surface area contributed by atoms with Crippen LogP contribution in [0.4, 0.5) is 0 Å². The molecule has 2 rings (SSSR count). The fourth-order valence-electron chi connectivity index (χ4n) is 4.80. The predicted molar refractivity (Wildman–Crippen MR) is 138 cm³/mol. The smallest absolute Gasteiger partial charge is 0.310 e. The van der Waals surface area contributed by atoms with E-state index in [0.29, 0.717) is 25.7 Å². The molecule has 0 heterocycles. The van der Waals surface area contributed by atoms with E-state index >= 15 is 0 Å². The first-order chi connectivity index (χ1) is 16.2. The summed E-state index contributed by atoms with van der Waals surface area (Å²) in [5, 5.41) is 12.0. The van der Waals surface area contributed by atoms with Gasteiger partial charge in [-0.1, -0.05) is 6.42 Å². The number of aliphatic imine (C=N–C) groups is 1. The Balaban J connectivity index is 1.87. The lowest BCUT2D eigenvalue weighted by Crippen LogP contribution is -2.50. The summed E-state index contributed by atoms with van der Waals surface area (Å²) in [5.74, 6) is -0.427. The molecule has 2 fully saturated rings. The van der Waals surface area contributed by atoms with E-state index in [4.69, 9.17) is 27.7 Å². The minimum atomic E-state index is -0.457. The summed E-state index contributed by atoms with van der Waals surface area (Å²) in [4.78, 5) is 41.5. The Morgan fingerprint density at radius 1 is 1.09 bits per heavy atom. The number of alkyl halides is 2. The molecule has 6 atom stereocenters. The van der Waals surface area contributed by atoms with Crippen molar-refractivity contribution in [1.29, 1.82) is 0 Å². The average Bonchev–Trinajstić information content (AvgIpc) is 2.81. The van der Waals surface area contributed by atoms with E-state index in [0.717, 1.165) is 31.8 Å². The molecule has 2 saturated carbocycles. The number of carbonyl (C=O) groups is 3. The quantitative estimate of drug-likeness (QED) is 0.154. The van der Waals surface area contributed by atoms with E-state index < -0.39 is 12.0 Å². The van der Waals surface area contributed by atoms with Gasteiger partial charge in [0.15, 0.2) is 5.96 Å². The van der Waals surface area contributed by atoms with E-state index in [9.17, 15) is 14.4 Å². The van der Waals surface area contributed by atoms with Gasteiger partial charge in [0.2, 0.25) is 11.8 Å². The van der Waals surface area contributed by atoms with Gasteiger partial charge in [0.25, 0.3) is 0 Å². The van der Waals surface area contributed by atoms with Gasteiger partial charge in [-0.15, -0.1) is 23.2 Å². The van der Waals surface area contributed by atoms with Crippen LogP contribution in [0.2, 0.25) is 0 Å². The highest BCUT2D eigenvalue weighted by atomic mass is 35.5. The summed E-state index contributed by atoms with van der Waals surface area (Å²) in [7, 11) is 3.65. The van der Waals surface area contributed by atoms with Crippen molar-refractivity contribution in [1.82, 2.24) is 21.3 Å². The molecule has 2 amide bonds. The van der Waals surface area contributed by atoms with E-state index in [-0.39, 0.29) is 53.4 Å². The highest BCUT2D eigenvalue weighted by molar-refractivity contribution is 7.10. The molecule has 0 spiro atoms. The first-order valence-corrected chi connectivity index (χ1v) is 13.3. The molecular formula is C22H38Cl2N5O4P. The molecule has 6 unspecified atom stereocenters. The molecule has 34 heavy (non-hydrogen) atoms. The third-order valence-corrected chi connectivity index (χ3v) is 7.41. The zero-order valence-electron chi connectivity index (χ0n) is 19.9. The van der Waals surface area contributed by atoms with E-state index in [1.165, 1.54) is 0 Å². The van der Waals surface area contributed by atoms with Crippen molar-refractivity contribution >= 4 is 56.4 Å². The van der Waals surface area contributed by atoms with Crippen molar-refractivity contribution in [2.24, 2.45) is 16.8 Å². The summed E-state index contributed by atoms with van der Waals surface area (Å²) in [6.07, 6.45) is 5.36. The molecular weight excluding hydrogens is 500 g/mol. The monoisotopic (exact) mass is 537 g/mol. The normalized spacial score (nSPS) is 28.4. The molecule has 0 aromatic rings. The van der Waals surface area contributed by atoms with Crippen LogP contribution in [0, 0.1) is 11.8 Å². The van der Waals surface area contributed by atoms with Gasteiger partial charge < -0.3 is 25.8 Å². The molecule has 2 aliphatic rings. The zero-order chi connectivity index (χ0) is 25.1. The van der Waals surface area contributed by atoms with Crippen LogP contribution in [0.1, 0.15) is 58.3 Å². The van der Waals surface area contributed by atoms with Crippen LogP contribution in [-0.2, 0) is 18.9 Å². The number of rotatable bonds is 9. The van der Waals surface area contributed by atoms with Crippen molar-refractivity contribution in [3.63, 3.8) is 0 Å². The SMILES string of the molecule is CCNC(=NC)NC1CCCC(C(=O)NCC(=O)NC(CC(=O)OP)C2CC(Cl)CC(Cl)C2)C1. The molecule has 0 aromatic heterocycles. The number of hydrogen-bond donors (Lipinski definition) is 4. The molecule has 0 aliphatic heterocycles. The number of carbonyl (C=O) groups excluding carboxylic acids is 3. The van der Waals surface area contributed by atoms with Crippen molar-refractivity contribution in [2.45, 2.75) is 81.1 Å². The van der Waals surface area contributed by atoms with E-state index in [1.807, 2.05) is 16.4 Å². The Kier molecular flexibility index (Phi) is 12.7. The second-order valence-electron chi connectivity index (χ2n) is 9.05. The van der Waals surface area contributed by atoms with Crippen LogP contribution in [0.25, 0.3) is 0 Å². The maximum absolute atomic E-state index is 12.8. The average molecular weight is 538 g/mol. The van der Waals surface area contributed by atoms with Crippen molar-refractivity contribution in [2.75, 3.05) is 20.1 Å². The number of amides is 2. The van der Waals surface area contributed by atoms with Gasteiger partial charge >= 0.3 is 5.97 Å². The first-order valence-electron chi connectivity index (χ1n) is 12.0. The lowest BCUT2D eigenvalue weighted by molar-refractivity contribution is -0.135. The van der Waals surface area contributed by atoms with Crippen molar-refractivity contribution < 1.29 is 18.9 Å². The standard InChI is InChI=1S/C22H38Cl2N5O4P/c1-3-26-22(25-2)28-17-6-4-5-13(9-17)21(32)27-12-19(30)29-18(11-20(31)33-34)14-7-15(23)10-16(24)8-14/h13-18H,3-12,34H2,1-2H3,(H,27,32)(H,29,30)(H2,25,26,28). The largest absolute Gasteiger partial charge is 0.451 e. The van der Waals surface area contributed by atoms with Crippen LogP contribution in [0.5, 0.6) is 0 Å². The fraction of sp³-hybridized carbons (Fsp3) is 0.818. The van der Waals surface area contributed by atoms with Gasteiger partial charge in [0, 0.05) is 42.3 Å². The molecule has 12 heteroatoms. The number of nitrogens with one attached hydrogen (secondary N) is 4. The molecule has 2 aliphatic carbocycles. The molecule has 9 nitrogen and oxygen atoms in total. The molecule has 0 saturated heterocycles. The predicted octanol–water partition coefficient (Wildman–Crippen LogP) is 2.07. The van der Waals surface area contributed by atoms with Crippen molar-refractivity contribution in [3.8, 4) is 0 Å². The Morgan fingerprint density at radius 2 is 1.79 bits per heavy atom. The van der Waals surface area contributed by atoms with Crippen LogP contribution in [-0.4, -0.2) is 66.7 Å². The summed E-state index contributed by atoms with van der Waals surface area (Å²) in [5.41, 5.74) is 0. The third kappa shape index (κ3) is 9.74. The van der Waals surface area contributed by atoms with Gasteiger partial charge in [0.1, 0.15) is 0 Å². The van der Waals surface area contributed by atoms with Crippen LogP contribution in [0.3, 0.4) is 0 Å². The van der Waals surface area contributed by atoms with Gasteiger partial charge in [-0.25, -0.2) is 0 Å². The summed E-state index contributed by atoms with van der Waals surface area (Å²) >= 11 is 12.7. The zero-order valence-corrected chi connectivity index (χ0v) is 22.6. The first kappa shape index (κ1) is 28.9. The molecule has 0 aromatic carbocycles. The van der Waals surface area contributed by atoms with Gasteiger partial charge in [-0.05, 0) is 51.4 Å². The Morgan fingerprint density at radius 3 is 2.41 bits per heavy atom. The number of halogens is 2. The molecule has 0 radical (unpaired) electrons.